The predicted octanol–water partition coefficient (Wildman–Crippen LogP) is 2.16. The number of nitrogens with zero attached hydrogens (tertiary/aromatic N) is 1. The summed E-state index contributed by atoms with van der Waals surface area (Å²) in [6, 6.07) is 6.61. The lowest BCUT2D eigenvalue weighted by atomic mass is 10.1. The fraction of sp³-hybridized carbons (Fsp3) is 0.182. The fourth-order valence-electron chi connectivity index (χ4n) is 1.44. The van der Waals surface area contributed by atoms with Crippen LogP contribution in [-0.2, 0) is 9.73 Å². The first kappa shape index (κ1) is 11.5. The number of halogens is 1. The van der Waals surface area contributed by atoms with Crippen LogP contribution in [0.3, 0.4) is 0 Å². The Morgan fingerprint density at radius 1 is 1.38 bits per heavy atom. The summed E-state index contributed by atoms with van der Waals surface area (Å²) >= 11 is 6.84. The molecule has 5 heteroatoms. The van der Waals surface area contributed by atoms with E-state index in [-0.39, 0.29) is 5.91 Å². The molecule has 0 bridgehead atoms. The van der Waals surface area contributed by atoms with Gasteiger partial charge in [-0.25, -0.2) is 0 Å². The third-order valence-electron chi connectivity index (χ3n) is 2.37. The molecule has 16 heavy (non-hydrogen) atoms. The molecule has 0 aliphatic carbocycles. The molecule has 0 spiro atoms. The molecule has 1 unspecified atom stereocenters. The highest BCUT2D eigenvalue weighted by molar-refractivity contribution is 8.03. The third kappa shape index (κ3) is 1.84. The molecule has 0 aromatic heterocycles. The average molecular weight is 256 g/mol. The predicted molar refractivity (Wildman–Crippen MR) is 64.8 cm³/mol. The maximum Gasteiger partial charge on any atom is 0.274 e. The molecule has 1 amide bonds. The first-order valence-corrected chi connectivity index (χ1v) is 5.90. The minimum Gasteiger partial charge on any atom is -0.367 e. The van der Waals surface area contributed by atoms with Gasteiger partial charge in [-0.2, -0.15) is 0 Å². The van der Waals surface area contributed by atoms with E-state index in [1.165, 1.54) is 4.90 Å². The summed E-state index contributed by atoms with van der Waals surface area (Å²) in [5, 5.41) is 12.6. The highest BCUT2D eigenvalue weighted by atomic mass is 35.5. The summed E-state index contributed by atoms with van der Waals surface area (Å²) in [5.74, 6) is -0.359. The van der Waals surface area contributed by atoms with Crippen molar-refractivity contribution in [2.45, 2.75) is 4.93 Å². The van der Waals surface area contributed by atoms with E-state index in [0.29, 0.717) is 10.6 Å². The maximum absolute atomic E-state index is 11.9. The van der Waals surface area contributed by atoms with Crippen molar-refractivity contribution in [1.29, 1.82) is 0 Å². The molecule has 2 rings (SSSR count). The van der Waals surface area contributed by atoms with Crippen LogP contribution in [0.15, 0.2) is 35.9 Å². The summed E-state index contributed by atoms with van der Waals surface area (Å²) in [6.07, 6.45) is 1.62. The lowest BCUT2D eigenvalue weighted by molar-refractivity contribution is -0.139. The van der Waals surface area contributed by atoms with Crippen molar-refractivity contribution >= 4 is 29.3 Å². The van der Waals surface area contributed by atoms with Crippen molar-refractivity contribution in [3.8, 4) is 0 Å². The zero-order chi connectivity index (χ0) is 11.8. The monoisotopic (exact) mass is 255 g/mol. The number of hydrogen-bond acceptors (Lipinski definition) is 3. The molecule has 1 N–H and O–H groups in total. The molecule has 0 saturated carbocycles. The number of aliphatic hydroxyl groups is 1. The van der Waals surface area contributed by atoms with Crippen molar-refractivity contribution in [1.82, 2.24) is 4.90 Å². The van der Waals surface area contributed by atoms with Crippen LogP contribution in [0.2, 0.25) is 5.02 Å². The van der Waals surface area contributed by atoms with Gasteiger partial charge in [0.2, 0.25) is 4.93 Å². The van der Waals surface area contributed by atoms with Gasteiger partial charge in [0.05, 0.1) is 0 Å². The molecule has 84 valence electrons. The molecule has 1 aromatic rings. The highest BCUT2D eigenvalue weighted by Crippen LogP contribution is 2.39. The summed E-state index contributed by atoms with van der Waals surface area (Å²) in [4.78, 5) is 11.7. The van der Waals surface area contributed by atoms with Gasteiger partial charge in [0, 0.05) is 23.8 Å². The van der Waals surface area contributed by atoms with Gasteiger partial charge in [0.15, 0.2) is 0 Å². The molecule has 1 heterocycles. The van der Waals surface area contributed by atoms with Crippen molar-refractivity contribution in [2.24, 2.45) is 0 Å². The second-order valence-corrected chi connectivity index (χ2v) is 5.01. The number of carbonyl (C=O) groups excluding carboxylic acids is 1. The summed E-state index contributed by atoms with van der Waals surface area (Å²) < 4.78 is 0. The molecular weight excluding hydrogens is 246 g/mol. The molecule has 3 nitrogen and oxygen atoms in total. The number of benzene rings is 1. The van der Waals surface area contributed by atoms with Crippen LogP contribution in [-0.4, -0.2) is 23.0 Å². The van der Waals surface area contributed by atoms with Crippen molar-refractivity contribution < 1.29 is 9.90 Å². The van der Waals surface area contributed by atoms with E-state index in [1.54, 1.807) is 42.9 Å². The summed E-state index contributed by atoms with van der Waals surface area (Å²) in [6.45, 7) is 0. The zero-order valence-corrected chi connectivity index (χ0v) is 10.1. The standard InChI is InChI=1S/C11H10ClNO2S/c1-13-6-7-16-11(15,10(13)14)8-2-4-9(12)5-3-8/h2-7,15H,1H3. The second kappa shape index (κ2) is 4.13. The maximum atomic E-state index is 11.9. The van der Waals surface area contributed by atoms with Crippen LogP contribution in [0.1, 0.15) is 5.56 Å². The number of likely N-dealkylation sites (N-methyl/N-ethyl adjacent to an activating group) is 1. The minimum atomic E-state index is -1.55. The van der Waals surface area contributed by atoms with Gasteiger partial charge >= 0.3 is 0 Å². The van der Waals surface area contributed by atoms with E-state index < -0.39 is 4.93 Å². The van der Waals surface area contributed by atoms with Gasteiger partial charge < -0.3 is 10.0 Å². The Labute approximate surface area is 103 Å². The third-order valence-corrected chi connectivity index (χ3v) is 3.63. The van der Waals surface area contributed by atoms with E-state index in [4.69, 9.17) is 11.6 Å². The summed E-state index contributed by atoms with van der Waals surface area (Å²) in [7, 11) is 1.61. The Morgan fingerprint density at radius 3 is 2.62 bits per heavy atom. The van der Waals surface area contributed by atoms with Crippen LogP contribution in [0.25, 0.3) is 0 Å². The quantitative estimate of drug-likeness (QED) is 0.836. The molecule has 0 saturated heterocycles. The van der Waals surface area contributed by atoms with E-state index in [1.807, 2.05) is 0 Å². The number of rotatable bonds is 1. The molecule has 1 aromatic carbocycles. The normalized spacial score (nSPS) is 24.9. The number of thioether (sulfide) groups is 1. The van der Waals surface area contributed by atoms with E-state index >= 15 is 0 Å². The van der Waals surface area contributed by atoms with Crippen LogP contribution < -0.4 is 0 Å². The Bertz CT molecular complexity index is 446. The molecule has 0 fully saturated rings. The van der Waals surface area contributed by atoms with Crippen LogP contribution in [0.5, 0.6) is 0 Å². The Kier molecular flexibility index (Phi) is 2.97. The Balaban J connectivity index is 2.42. The van der Waals surface area contributed by atoms with Crippen LogP contribution in [0.4, 0.5) is 0 Å². The largest absolute Gasteiger partial charge is 0.367 e. The van der Waals surface area contributed by atoms with Gasteiger partial charge in [-0.05, 0) is 17.5 Å². The first-order valence-electron chi connectivity index (χ1n) is 4.64. The van der Waals surface area contributed by atoms with Gasteiger partial charge in [-0.3, -0.25) is 4.79 Å². The second-order valence-electron chi connectivity index (χ2n) is 3.47. The minimum absolute atomic E-state index is 0.359. The Morgan fingerprint density at radius 2 is 2.00 bits per heavy atom. The zero-order valence-electron chi connectivity index (χ0n) is 8.55. The fourth-order valence-corrected chi connectivity index (χ4v) is 2.53. The lowest BCUT2D eigenvalue weighted by Crippen LogP contribution is -2.42. The smallest absolute Gasteiger partial charge is 0.274 e. The molecule has 0 radical (unpaired) electrons. The van der Waals surface area contributed by atoms with E-state index in [2.05, 4.69) is 0 Å². The average Bonchev–Trinajstić information content (AvgIpc) is 2.27. The van der Waals surface area contributed by atoms with Crippen molar-refractivity contribution in [3.63, 3.8) is 0 Å². The van der Waals surface area contributed by atoms with E-state index in [0.717, 1.165) is 11.8 Å². The molecule has 1 aliphatic rings. The Hall–Kier alpha value is -0.970. The van der Waals surface area contributed by atoms with Gasteiger partial charge in [0.25, 0.3) is 5.91 Å². The highest BCUT2D eigenvalue weighted by Gasteiger charge is 2.41. The molecule has 1 atom stereocenters. The summed E-state index contributed by atoms with van der Waals surface area (Å²) in [5.41, 5.74) is 0.531. The number of amides is 1. The van der Waals surface area contributed by atoms with Crippen LogP contribution in [0, 0.1) is 0 Å². The van der Waals surface area contributed by atoms with Crippen LogP contribution >= 0.6 is 23.4 Å². The number of hydrogen-bond donors (Lipinski definition) is 1. The van der Waals surface area contributed by atoms with E-state index in [9.17, 15) is 9.90 Å². The van der Waals surface area contributed by atoms with Gasteiger partial charge in [0.1, 0.15) is 0 Å². The van der Waals surface area contributed by atoms with Gasteiger partial charge in [-0.15, -0.1) is 0 Å². The van der Waals surface area contributed by atoms with Crippen molar-refractivity contribution in [2.75, 3.05) is 7.05 Å². The first-order chi connectivity index (χ1) is 7.54. The molecule has 1 aliphatic heterocycles. The molecular formula is C11H10ClNO2S. The van der Waals surface area contributed by atoms with Gasteiger partial charge in [-0.1, -0.05) is 35.5 Å². The lowest BCUT2D eigenvalue weighted by Gasteiger charge is -2.31. The SMILES string of the molecule is CN1C=CSC(O)(c2ccc(Cl)cc2)C1=O. The topological polar surface area (TPSA) is 40.5 Å². The van der Waals surface area contributed by atoms with Crippen molar-refractivity contribution in [3.05, 3.63) is 46.5 Å². The number of carbonyl (C=O) groups is 1.